The van der Waals surface area contributed by atoms with E-state index in [0.29, 0.717) is 24.5 Å². The van der Waals surface area contributed by atoms with Crippen molar-refractivity contribution < 1.29 is 32.4 Å². The van der Waals surface area contributed by atoms with E-state index in [1.165, 1.54) is 42.1 Å². The van der Waals surface area contributed by atoms with Crippen LogP contribution >= 0.6 is 11.8 Å². The van der Waals surface area contributed by atoms with Gasteiger partial charge in [-0.1, -0.05) is 23.9 Å². The van der Waals surface area contributed by atoms with Crippen LogP contribution in [0.25, 0.3) is 0 Å². The van der Waals surface area contributed by atoms with Crippen LogP contribution in [0.1, 0.15) is 12.0 Å². The first-order valence-electron chi connectivity index (χ1n) is 13.9. The summed E-state index contributed by atoms with van der Waals surface area (Å²) in [6.45, 7) is 5.29. The molecule has 13 heteroatoms. The number of nitro groups is 1. The number of benzene rings is 3. The van der Waals surface area contributed by atoms with E-state index in [0.717, 1.165) is 60.7 Å². The van der Waals surface area contributed by atoms with Gasteiger partial charge in [-0.2, -0.15) is 13.2 Å². The van der Waals surface area contributed by atoms with Crippen LogP contribution in [0.4, 0.5) is 30.2 Å². The highest BCUT2D eigenvalue weighted by molar-refractivity contribution is 7.99. The largest absolute Gasteiger partial charge is 0.482 e. The van der Waals surface area contributed by atoms with Gasteiger partial charge in [-0.05, 0) is 55.4 Å². The zero-order valence-corrected chi connectivity index (χ0v) is 24.1. The Morgan fingerprint density at radius 1 is 0.884 bits per heavy atom. The van der Waals surface area contributed by atoms with Crippen LogP contribution in [-0.2, 0) is 15.7 Å². The summed E-state index contributed by atoms with van der Waals surface area (Å²) in [5.41, 5.74) is 0.818. The minimum absolute atomic E-state index is 0.0595. The van der Waals surface area contributed by atoms with Gasteiger partial charge in [-0.15, -0.1) is 0 Å². The first-order chi connectivity index (χ1) is 20.7. The Balaban J connectivity index is 1.04. The van der Waals surface area contributed by atoms with Crippen LogP contribution in [0.5, 0.6) is 5.75 Å². The number of hydrogen-bond donors (Lipinski definition) is 0. The number of fused-ring (bicyclic) bond motifs is 2. The van der Waals surface area contributed by atoms with E-state index in [1.54, 1.807) is 6.07 Å². The van der Waals surface area contributed by atoms with Gasteiger partial charge in [0.25, 0.3) is 5.69 Å². The number of carbonyl (C=O) groups excluding carboxylic acids is 1. The van der Waals surface area contributed by atoms with Gasteiger partial charge in [-0.25, -0.2) is 4.79 Å². The van der Waals surface area contributed by atoms with Gasteiger partial charge in [0.05, 0.1) is 21.9 Å². The molecule has 2 heterocycles. The molecule has 0 saturated carbocycles. The molecule has 228 valence electrons. The summed E-state index contributed by atoms with van der Waals surface area (Å²) in [6, 6.07) is 17.2. The lowest BCUT2D eigenvalue weighted by Crippen LogP contribution is -2.47. The van der Waals surface area contributed by atoms with Crippen LogP contribution in [0.15, 0.2) is 76.5 Å². The molecule has 0 amide bonds. The van der Waals surface area contributed by atoms with Gasteiger partial charge in [0.2, 0.25) is 0 Å². The van der Waals surface area contributed by atoms with Gasteiger partial charge in [0.15, 0.2) is 6.61 Å². The molecule has 2 aliphatic rings. The highest BCUT2D eigenvalue weighted by atomic mass is 32.2. The van der Waals surface area contributed by atoms with Crippen LogP contribution in [0, 0.1) is 10.1 Å². The Labute approximate surface area is 251 Å². The van der Waals surface area contributed by atoms with E-state index in [1.807, 2.05) is 29.2 Å². The van der Waals surface area contributed by atoms with Crippen LogP contribution < -0.4 is 9.64 Å². The SMILES string of the molecule is O=C(COc1ccc([N+](=O)[O-])cc1)OCCN1CCN(CCCN2c3ccccc3Sc3ccc(C(F)(F)F)cc32)CC1. The third-order valence-corrected chi connectivity index (χ3v) is 8.48. The zero-order valence-electron chi connectivity index (χ0n) is 23.3. The monoisotopic (exact) mass is 616 g/mol. The third-order valence-electron chi connectivity index (χ3n) is 7.35. The van der Waals surface area contributed by atoms with Crippen molar-refractivity contribution in [3.63, 3.8) is 0 Å². The van der Waals surface area contributed by atoms with E-state index >= 15 is 0 Å². The van der Waals surface area contributed by atoms with E-state index in [-0.39, 0.29) is 18.9 Å². The van der Waals surface area contributed by atoms with Crippen molar-refractivity contribution in [1.82, 2.24) is 9.80 Å². The number of alkyl halides is 3. The van der Waals surface area contributed by atoms with E-state index in [9.17, 15) is 28.1 Å². The summed E-state index contributed by atoms with van der Waals surface area (Å²) in [5, 5.41) is 10.7. The Bertz CT molecular complexity index is 1430. The number of para-hydroxylation sites is 1. The van der Waals surface area contributed by atoms with Crippen LogP contribution in [0.2, 0.25) is 0 Å². The number of nitro benzene ring substituents is 1. The molecule has 3 aromatic carbocycles. The number of nitrogens with zero attached hydrogens (tertiary/aromatic N) is 4. The van der Waals surface area contributed by atoms with Crippen LogP contribution in [-0.4, -0.2) is 79.7 Å². The molecule has 0 N–H and O–H groups in total. The highest BCUT2D eigenvalue weighted by Gasteiger charge is 2.33. The standard InChI is InChI=1S/C30H31F3N4O5S/c31-30(32,33)22-6-11-28-26(20-22)36(25-4-1-2-5-27(25)43-28)13-3-12-34-14-16-35(17-15-34)18-19-41-29(38)21-42-24-9-7-23(8-10-24)37(39)40/h1-2,4-11,20H,3,12-19,21H2. The quantitative estimate of drug-likeness (QED) is 0.150. The molecular weight excluding hydrogens is 585 g/mol. The minimum Gasteiger partial charge on any atom is -0.482 e. The molecule has 0 aromatic heterocycles. The van der Waals surface area contributed by atoms with Crippen molar-refractivity contribution in [3.8, 4) is 5.75 Å². The van der Waals surface area contributed by atoms with Crippen molar-refractivity contribution in [2.75, 3.05) is 63.9 Å². The lowest BCUT2D eigenvalue weighted by atomic mass is 10.1. The average molecular weight is 617 g/mol. The van der Waals surface area contributed by atoms with Crippen molar-refractivity contribution in [2.45, 2.75) is 22.4 Å². The van der Waals surface area contributed by atoms with E-state index in [2.05, 4.69) is 9.80 Å². The van der Waals surface area contributed by atoms with Crippen LogP contribution in [0.3, 0.4) is 0 Å². The second kappa shape index (κ2) is 13.7. The van der Waals surface area contributed by atoms with Gasteiger partial charge in [0, 0.05) is 61.2 Å². The van der Waals surface area contributed by atoms with Crippen molar-refractivity contribution in [2.24, 2.45) is 0 Å². The van der Waals surface area contributed by atoms with Crippen molar-refractivity contribution >= 4 is 34.8 Å². The minimum atomic E-state index is -4.40. The zero-order chi connectivity index (χ0) is 30.4. The molecule has 1 saturated heterocycles. The fraction of sp³-hybridized carbons (Fsp3) is 0.367. The van der Waals surface area contributed by atoms with E-state index < -0.39 is 22.6 Å². The number of esters is 1. The Morgan fingerprint density at radius 3 is 2.26 bits per heavy atom. The molecule has 43 heavy (non-hydrogen) atoms. The molecule has 0 atom stereocenters. The van der Waals surface area contributed by atoms with Crippen molar-refractivity contribution in [3.05, 3.63) is 82.4 Å². The first kappa shape index (κ1) is 30.6. The van der Waals surface area contributed by atoms with Gasteiger partial charge in [-0.3, -0.25) is 15.0 Å². The maximum absolute atomic E-state index is 13.5. The summed E-state index contributed by atoms with van der Waals surface area (Å²) in [5.74, 6) is -0.170. The lowest BCUT2D eigenvalue weighted by Gasteiger charge is -2.36. The fourth-order valence-electron chi connectivity index (χ4n) is 5.07. The summed E-state index contributed by atoms with van der Waals surface area (Å²) < 4.78 is 51.0. The number of halogens is 3. The number of ether oxygens (including phenoxy) is 2. The predicted octanol–water partition coefficient (Wildman–Crippen LogP) is 5.85. The lowest BCUT2D eigenvalue weighted by molar-refractivity contribution is -0.384. The molecule has 5 rings (SSSR count). The second-order valence-corrected chi connectivity index (χ2v) is 11.3. The van der Waals surface area contributed by atoms with Gasteiger partial charge in [0.1, 0.15) is 12.4 Å². The fourth-order valence-corrected chi connectivity index (χ4v) is 6.15. The third kappa shape index (κ3) is 7.98. The highest BCUT2D eigenvalue weighted by Crippen LogP contribution is 2.49. The molecule has 0 bridgehead atoms. The first-order valence-corrected chi connectivity index (χ1v) is 14.7. The van der Waals surface area contributed by atoms with Gasteiger partial charge < -0.3 is 19.3 Å². The molecule has 0 radical (unpaired) electrons. The Morgan fingerprint density at radius 2 is 1.56 bits per heavy atom. The second-order valence-electron chi connectivity index (χ2n) is 10.2. The molecule has 3 aromatic rings. The molecule has 1 fully saturated rings. The summed E-state index contributed by atoms with van der Waals surface area (Å²) in [7, 11) is 0. The maximum atomic E-state index is 13.5. The maximum Gasteiger partial charge on any atom is 0.416 e. The number of carbonyl (C=O) groups is 1. The topological polar surface area (TPSA) is 88.4 Å². The molecular formula is C30H31F3N4O5S. The van der Waals surface area contributed by atoms with Gasteiger partial charge >= 0.3 is 12.1 Å². The molecule has 0 unspecified atom stereocenters. The number of anilines is 2. The number of non-ortho nitro benzene ring substituents is 1. The number of rotatable bonds is 11. The Kier molecular flexibility index (Phi) is 9.73. The van der Waals surface area contributed by atoms with E-state index in [4.69, 9.17) is 9.47 Å². The summed E-state index contributed by atoms with van der Waals surface area (Å²) >= 11 is 1.49. The Hall–Kier alpha value is -3.81. The summed E-state index contributed by atoms with van der Waals surface area (Å²) in [6.07, 6.45) is -3.61. The molecule has 0 aliphatic carbocycles. The normalized spacial score (nSPS) is 15.5. The average Bonchev–Trinajstić information content (AvgIpc) is 3.00. The predicted molar refractivity (Wildman–Crippen MR) is 156 cm³/mol. The molecule has 2 aliphatic heterocycles. The van der Waals surface area contributed by atoms with Crippen molar-refractivity contribution in [1.29, 1.82) is 0 Å². The molecule has 9 nitrogen and oxygen atoms in total. The summed E-state index contributed by atoms with van der Waals surface area (Å²) in [4.78, 5) is 30.6. The number of hydrogen-bond acceptors (Lipinski definition) is 9. The number of piperazine rings is 1. The smallest absolute Gasteiger partial charge is 0.416 e. The molecule has 0 spiro atoms.